The van der Waals surface area contributed by atoms with E-state index in [0.717, 1.165) is 33.7 Å². The van der Waals surface area contributed by atoms with Crippen molar-refractivity contribution in [1.29, 1.82) is 0 Å². The zero-order chi connectivity index (χ0) is 20.9. The van der Waals surface area contributed by atoms with Crippen LogP contribution in [0.5, 0.6) is 5.75 Å². The molecular weight excluding hydrogens is 415 g/mol. The lowest BCUT2D eigenvalue weighted by Gasteiger charge is -2.39. The summed E-state index contributed by atoms with van der Waals surface area (Å²) in [7, 11) is 0. The number of benzene rings is 3. The van der Waals surface area contributed by atoms with Crippen LogP contribution in [0.15, 0.2) is 84.7 Å². The SMILES string of the molecule is Fc1ccc([C@@H]2C3=C(Nc4ncnn42)c2ccccc2O[C@@H]3c2cccc(Cl)c2)cc1. The van der Waals surface area contributed by atoms with Gasteiger partial charge in [-0.25, -0.2) is 9.07 Å². The highest BCUT2D eigenvalue weighted by atomic mass is 35.5. The molecular formula is C24H16ClFN4O. The number of fused-ring (bicyclic) bond motifs is 3. The molecule has 0 unspecified atom stereocenters. The van der Waals surface area contributed by atoms with Crippen LogP contribution in [0, 0.1) is 5.82 Å². The molecule has 0 bridgehead atoms. The third-order valence-corrected chi connectivity index (χ3v) is 5.89. The fourth-order valence-electron chi connectivity index (χ4n) is 4.33. The number of hydrogen-bond acceptors (Lipinski definition) is 4. The van der Waals surface area contributed by atoms with E-state index in [0.29, 0.717) is 11.0 Å². The van der Waals surface area contributed by atoms with Crippen molar-refractivity contribution in [2.24, 2.45) is 0 Å². The second-order valence-corrected chi connectivity index (χ2v) is 7.92. The van der Waals surface area contributed by atoms with E-state index in [1.807, 2.05) is 48.5 Å². The third kappa shape index (κ3) is 2.91. The zero-order valence-corrected chi connectivity index (χ0v) is 16.9. The molecule has 4 aromatic rings. The number of aromatic nitrogens is 3. The Morgan fingerprint density at radius 3 is 2.65 bits per heavy atom. The van der Waals surface area contributed by atoms with Gasteiger partial charge in [0.15, 0.2) is 0 Å². The van der Waals surface area contributed by atoms with E-state index in [4.69, 9.17) is 16.3 Å². The summed E-state index contributed by atoms with van der Waals surface area (Å²) in [6, 6.07) is 21.7. The molecule has 3 aromatic carbocycles. The van der Waals surface area contributed by atoms with Gasteiger partial charge in [-0.2, -0.15) is 10.1 Å². The molecule has 7 heteroatoms. The first-order valence-electron chi connectivity index (χ1n) is 9.86. The molecule has 0 saturated carbocycles. The van der Waals surface area contributed by atoms with Crippen LogP contribution in [0.25, 0.3) is 5.70 Å². The van der Waals surface area contributed by atoms with Crippen molar-refractivity contribution >= 4 is 23.2 Å². The molecule has 2 aliphatic rings. The average Bonchev–Trinajstić information content (AvgIpc) is 3.26. The minimum atomic E-state index is -0.413. The van der Waals surface area contributed by atoms with Crippen molar-refractivity contribution in [2.45, 2.75) is 12.1 Å². The van der Waals surface area contributed by atoms with Crippen molar-refractivity contribution in [3.63, 3.8) is 0 Å². The maximum Gasteiger partial charge on any atom is 0.226 e. The normalized spacial score (nSPS) is 19.0. The Morgan fingerprint density at radius 2 is 1.81 bits per heavy atom. The van der Waals surface area contributed by atoms with Crippen LogP contribution in [0.3, 0.4) is 0 Å². The summed E-state index contributed by atoms with van der Waals surface area (Å²) in [4.78, 5) is 4.40. The summed E-state index contributed by atoms with van der Waals surface area (Å²) in [5.41, 5.74) is 4.63. The van der Waals surface area contributed by atoms with E-state index in [2.05, 4.69) is 15.4 Å². The molecule has 0 spiro atoms. The monoisotopic (exact) mass is 430 g/mol. The highest BCUT2D eigenvalue weighted by Crippen LogP contribution is 2.50. The van der Waals surface area contributed by atoms with Gasteiger partial charge in [-0.05, 0) is 47.5 Å². The zero-order valence-electron chi connectivity index (χ0n) is 16.2. The quantitative estimate of drug-likeness (QED) is 0.447. The molecule has 2 atom stereocenters. The summed E-state index contributed by atoms with van der Waals surface area (Å²) >= 11 is 6.32. The lowest BCUT2D eigenvalue weighted by Crippen LogP contribution is -2.32. The number of anilines is 1. The van der Waals surface area contributed by atoms with Crippen molar-refractivity contribution in [3.05, 3.63) is 112 Å². The number of hydrogen-bond donors (Lipinski definition) is 1. The number of halogens is 2. The van der Waals surface area contributed by atoms with E-state index >= 15 is 0 Å². The van der Waals surface area contributed by atoms with Gasteiger partial charge in [0.25, 0.3) is 0 Å². The second kappa shape index (κ2) is 6.96. The first-order chi connectivity index (χ1) is 15.2. The number of nitrogens with one attached hydrogen (secondary N) is 1. The third-order valence-electron chi connectivity index (χ3n) is 5.66. The fraction of sp³-hybridized carbons (Fsp3) is 0.0833. The standard InChI is InChI=1S/C24H16ClFN4O/c25-16-5-3-4-15(12-16)23-20-21(18-6-1-2-7-19(18)31-23)29-24-27-13-28-30(24)22(20)14-8-10-17(26)11-9-14/h1-13,22-23H,(H,27,28,29)/t22-,23-/m1/s1. The Labute approximate surface area is 182 Å². The van der Waals surface area contributed by atoms with Crippen LogP contribution in [0.1, 0.15) is 28.8 Å². The van der Waals surface area contributed by atoms with Crippen LogP contribution in [-0.4, -0.2) is 14.8 Å². The number of ether oxygens (including phenoxy) is 1. The van der Waals surface area contributed by atoms with Gasteiger partial charge in [0.1, 0.15) is 30.0 Å². The molecule has 2 aliphatic heterocycles. The van der Waals surface area contributed by atoms with Gasteiger partial charge in [0, 0.05) is 16.2 Å². The number of rotatable bonds is 2. The van der Waals surface area contributed by atoms with E-state index in [-0.39, 0.29) is 11.9 Å². The average molecular weight is 431 g/mol. The molecule has 0 fully saturated rings. The topological polar surface area (TPSA) is 52.0 Å². The second-order valence-electron chi connectivity index (χ2n) is 7.49. The van der Waals surface area contributed by atoms with Gasteiger partial charge >= 0.3 is 0 Å². The van der Waals surface area contributed by atoms with Crippen molar-refractivity contribution in [1.82, 2.24) is 14.8 Å². The summed E-state index contributed by atoms with van der Waals surface area (Å²) in [6.07, 6.45) is 1.10. The fourth-order valence-corrected chi connectivity index (χ4v) is 4.53. The summed E-state index contributed by atoms with van der Waals surface area (Å²) < 4.78 is 22.0. The van der Waals surface area contributed by atoms with Gasteiger partial charge in [-0.1, -0.05) is 48.0 Å². The van der Waals surface area contributed by atoms with Gasteiger partial charge in [0.2, 0.25) is 5.95 Å². The maximum absolute atomic E-state index is 13.7. The van der Waals surface area contributed by atoms with Crippen molar-refractivity contribution in [2.75, 3.05) is 5.32 Å². The Kier molecular flexibility index (Phi) is 4.07. The molecule has 1 aromatic heterocycles. The smallest absolute Gasteiger partial charge is 0.226 e. The number of para-hydroxylation sites is 1. The van der Waals surface area contributed by atoms with Gasteiger partial charge in [0.05, 0.1) is 5.70 Å². The molecule has 31 heavy (non-hydrogen) atoms. The van der Waals surface area contributed by atoms with Gasteiger partial charge in [-0.3, -0.25) is 0 Å². The first-order valence-corrected chi connectivity index (χ1v) is 10.2. The molecule has 3 heterocycles. The van der Waals surface area contributed by atoms with Gasteiger partial charge in [-0.15, -0.1) is 0 Å². The molecule has 0 saturated heterocycles. The Bertz CT molecular complexity index is 1330. The summed E-state index contributed by atoms with van der Waals surface area (Å²) in [5, 5.41) is 8.54. The van der Waals surface area contributed by atoms with Crippen molar-refractivity contribution in [3.8, 4) is 5.75 Å². The summed E-state index contributed by atoms with van der Waals surface area (Å²) in [6.45, 7) is 0. The Hall–Kier alpha value is -3.64. The van der Waals surface area contributed by atoms with E-state index in [1.54, 1.807) is 16.8 Å². The number of nitrogens with zero attached hydrogens (tertiary/aromatic N) is 3. The van der Waals surface area contributed by atoms with Crippen molar-refractivity contribution < 1.29 is 9.13 Å². The maximum atomic E-state index is 13.7. The molecule has 0 radical (unpaired) electrons. The lowest BCUT2D eigenvalue weighted by molar-refractivity contribution is 0.223. The van der Waals surface area contributed by atoms with Crippen LogP contribution in [0.2, 0.25) is 5.02 Å². The Balaban J connectivity index is 1.63. The van der Waals surface area contributed by atoms with E-state index in [9.17, 15) is 4.39 Å². The van der Waals surface area contributed by atoms with E-state index < -0.39 is 6.10 Å². The summed E-state index contributed by atoms with van der Waals surface area (Å²) in [5.74, 6) is 1.10. The van der Waals surface area contributed by atoms with Crippen LogP contribution in [0.4, 0.5) is 10.3 Å². The van der Waals surface area contributed by atoms with Gasteiger partial charge < -0.3 is 10.1 Å². The molecule has 0 amide bonds. The predicted molar refractivity (Wildman–Crippen MR) is 116 cm³/mol. The molecule has 0 aliphatic carbocycles. The molecule has 1 N–H and O–H groups in total. The molecule has 5 nitrogen and oxygen atoms in total. The van der Waals surface area contributed by atoms with Crippen LogP contribution >= 0.6 is 11.6 Å². The minimum absolute atomic E-state index is 0.290. The first kappa shape index (κ1) is 18.2. The van der Waals surface area contributed by atoms with E-state index in [1.165, 1.54) is 18.5 Å². The largest absolute Gasteiger partial charge is 0.480 e. The molecule has 152 valence electrons. The highest BCUT2D eigenvalue weighted by Gasteiger charge is 2.40. The van der Waals surface area contributed by atoms with Crippen LogP contribution < -0.4 is 10.1 Å². The minimum Gasteiger partial charge on any atom is -0.480 e. The Morgan fingerprint density at radius 1 is 0.968 bits per heavy atom. The molecule has 6 rings (SSSR count). The lowest BCUT2D eigenvalue weighted by atomic mass is 9.84. The van der Waals surface area contributed by atoms with Crippen LogP contribution in [-0.2, 0) is 0 Å². The predicted octanol–water partition coefficient (Wildman–Crippen LogP) is 5.63. The highest BCUT2D eigenvalue weighted by molar-refractivity contribution is 6.30.